The molecular formula is C23H23ClF2NO+. The minimum Gasteiger partial charge on any atom is -0.492 e. The zero-order valence-corrected chi connectivity index (χ0v) is 16.3. The first kappa shape index (κ1) is 20.3. The van der Waals surface area contributed by atoms with Crippen LogP contribution in [0, 0.1) is 11.6 Å². The van der Waals surface area contributed by atoms with Crippen molar-refractivity contribution >= 4 is 11.6 Å². The lowest BCUT2D eigenvalue weighted by Gasteiger charge is -2.14. The van der Waals surface area contributed by atoms with E-state index in [1.165, 1.54) is 24.3 Å². The number of halogens is 3. The van der Waals surface area contributed by atoms with E-state index in [9.17, 15) is 8.78 Å². The van der Waals surface area contributed by atoms with Crippen molar-refractivity contribution in [3.05, 3.63) is 78.4 Å². The van der Waals surface area contributed by atoms with E-state index in [1.807, 2.05) is 30.3 Å². The molecule has 3 aromatic rings. The molecule has 2 nitrogen and oxygen atoms in total. The SMILES string of the molecule is [NH3+]CCC[C@@H](Cl)COc1cc(-c2cccc(F)c2)cc(-c2cccc(F)c2)c1. The normalized spacial score (nSPS) is 12.0. The second-order valence-electron chi connectivity index (χ2n) is 6.67. The summed E-state index contributed by atoms with van der Waals surface area (Å²) in [5.41, 5.74) is 6.85. The summed E-state index contributed by atoms with van der Waals surface area (Å²) < 4.78 is 33.3. The van der Waals surface area contributed by atoms with Gasteiger partial charge in [-0.3, -0.25) is 0 Å². The zero-order valence-electron chi connectivity index (χ0n) is 15.5. The summed E-state index contributed by atoms with van der Waals surface area (Å²) >= 11 is 6.31. The van der Waals surface area contributed by atoms with E-state index in [2.05, 4.69) is 5.73 Å². The minimum atomic E-state index is -0.315. The van der Waals surface area contributed by atoms with Crippen LogP contribution in [-0.2, 0) is 0 Å². The lowest BCUT2D eigenvalue weighted by molar-refractivity contribution is -0.368. The van der Waals surface area contributed by atoms with E-state index in [1.54, 1.807) is 12.1 Å². The van der Waals surface area contributed by atoms with Crippen molar-refractivity contribution in [1.82, 2.24) is 0 Å². The van der Waals surface area contributed by atoms with Gasteiger partial charge in [0.25, 0.3) is 0 Å². The van der Waals surface area contributed by atoms with Crippen LogP contribution in [0.3, 0.4) is 0 Å². The maximum Gasteiger partial charge on any atom is 0.123 e. The average molecular weight is 403 g/mol. The first-order valence-electron chi connectivity index (χ1n) is 9.28. The van der Waals surface area contributed by atoms with Gasteiger partial charge in [0.2, 0.25) is 0 Å². The number of hydrogen-bond donors (Lipinski definition) is 1. The van der Waals surface area contributed by atoms with Crippen molar-refractivity contribution in [2.45, 2.75) is 18.2 Å². The molecule has 0 spiro atoms. The second-order valence-corrected chi connectivity index (χ2v) is 7.29. The topological polar surface area (TPSA) is 36.9 Å². The van der Waals surface area contributed by atoms with E-state index >= 15 is 0 Å². The Morgan fingerprint density at radius 3 is 1.89 bits per heavy atom. The summed E-state index contributed by atoms with van der Waals surface area (Å²) in [5, 5.41) is -0.114. The molecule has 0 aliphatic carbocycles. The molecule has 0 saturated heterocycles. The van der Waals surface area contributed by atoms with E-state index in [-0.39, 0.29) is 17.0 Å². The highest BCUT2D eigenvalue weighted by Crippen LogP contribution is 2.32. The third kappa shape index (κ3) is 5.54. The van der Waals surface area contributed by atoms with Gasteiger partial charge in [0.15, 0.2) is 0 Å². The number of ether oxygens (including phenoxy) is 1. The van der Waals surface area contributed by atoms with Gasteiger partial charge < -0.3 is 10.5 Å². The highest BCUT2D eigenvalue weighted by atomic mass is 35.5. The smallest absolute Gasteiger partial charge is 0.123 e. The summed E-state index contributed by atoms with van der Waals surface area (Å²) in [6.45, 7) is 1.19. The van der Waals surface area contributed by atoms with Crippen molar-refractivity contribution < 1.29 is 19.3 Å². The van der Waals surface area contributed by atoms with E-state index < -0.39 is 0 Å². The van der Waals surface area contributed by atoms with E-state index in [0.717, 1.165) is 41.6 Å². The van der Waals surface area contributed by atoms with Gasteiger partial charge in [-0.15, -0.1) is 11.6 Å². The van der Waals surface area contributed by atoms with Crippen molar-refractivity contribution in [2.75, 3.05) is 13.2 Å². The number of benzene rings is 3. The first-order valence-corrected chi connectivity index (χ1v) is 9.72. The predicted molar refractivity (Wildman–Crippen MR) is 109 cm³/mol. The number of rotatable bonds is 8. The Balaban J connectivity index is 1.94. The van der Waals surface area contributed by atoms with Gasteiger partial charge in [0.05, 0.1) is 11.9 Å². The van der Waals surface area contributed by atoms with Gasteiger partial charge in [-0.05, 0) is 77.6 Å². The van der Waals surface area contributed by atoms with Gasteiger partial charge in [-0.2, -0.15) is 0 Å². The molecule has 0 aliphatic heterocycles. The third-order valence-corrected chi connectivity index (χ3v) is 4.76. The maximum atomic E-state index is 13.7. The molecule has 3 rings (SSSR count). The lowest BCUT2D eigenvalue weighted by Crippen LogP contribution is -2.50. The molecule has 0 aromatic heterocycles. The summed E-state index contributed by atoms with van der Waals surface area (Å²) in [6, 6.07) is 18.3. The Bertz CT molecular complexity index is 868. The maximum absolute atomic E-state index is 13.7. The van der Waals surface area contributed by atoms with Crippen LogP contribution in [0.4, 0.5) is 8.78 Å². The monoisotopic (exact) mass is 402 g/mol. The molecule has 0 radical (unpaired) electrons. The van der Waals surface area contributed by atoms with Crippen LogP contribution in [0.1, 0.15) is 12.8 Å². The second kappa shape index (κ2) is 9.67. The molecule has 5 heteroatoms. The van der Waals surface area contributed by atoms with Crippen LogP contribution in [0.15, 0.2) is 66.7 Å². The molecule has 0 heterocycles. The molecule has 0 unspecified atom stereocenters. The highest BCUT2D eigenvalue weighted by Gasteiger charge is 2.10. The van der Waals surface area contributed by atoms with Gasteiger partial charge in [-0.1, -0.05) is 24.3 Å². The third-order valence-electron chi connectivity index (χ3n) is 4.42. The molecule has 146 valence electrons. The van der Waals surface area contributed by atoms with Crippen LogP contribution in [0.5, 0.6) is 5.75 Å². The predicted octanol–water partition coefficient (Wildman–Crippen LogP) is 5.31. The summed E-state index contributed by atoms with van der Waals surface area (Å²) in [6.07, 6.45) is 1.76. The van der Waals surface area contributed by atoms with Crippen molar-refractivity contribution in [1.29, 1.82) is 0 Å². The molecule has 1 atom stereocenters. The van der Waals surface area contributed by atoms with Crippen molar-refractivity contribution in [3.8, 4) is 28.0 Å². The van der Waals surface area contributed by atoms with Gasteiger partial charge in [0.1, 0.15) is 24.0 Å². The number of hydrogen-bond acceptors (Lipinski definition) is 1. The molecule has 0 saturated carbocycles. The molecule has 0 amide bonds. The van der Waals surface area contributed by atoms with Crippen LogP contribution in [0.2, 0.25) is 0 Å². The van der Waals surface area contributed by atoms with Gasteiger partial charge >= 0.3 is 0 Å². The highest BCUT2D eigenvalue weighted by molar-refractivity contribution is 6.20. The first-order chi connectivity index (χ1) is 13.5. The van der Waals surface area contributed by atoms with E-state index in [4.69, 9.17) is 16.3 Å². The zero-order chi connectivity index (χ0) is 19.9. The Morgan fingerprint density at radius 2 is 1.39 bits per heavy atom. The summed E-state index contributed by atoms with van der Waals surface area (Å²) in [7, 11) is 0. The summed E-state index contributed by atoms with van der Waals surface area (Å²) in [4.78, 5) is 0. The summed E-state index contributed by atoms with van der Waals surface area (Å²) in [5.74, 6) is -0.0171. The lowest BCUT2D eigenvalue weighted by atomic mass is 9.98. The van der Waals surface area contributed by atoms with Crippen LogP contribution < -0.4 is 10.5 Å². The fraction of sp³-hybridized carbons (Fsp3) is 0.217. The van der Waals surface area contributed by atoms with Gasteiger partial charge in [-0.25, -0.2) is 8.78 Å². The molecule has 0 bridgehead atoms. The Labute approximate surface area is 168 Å². The quantitative estimate of drug-likeness (QED) is 0.509. The molecular weight excluding hydrogens is 380 g/mol. The standard InChI is InChI=1S/C23H22ClF2NO/c24-20(6-3-9-27)15-28-23-13-18(16-4-1-7-21(25)11-16)10-19(14-23)17-5-2-8-22(26)12-17/h1-2,4-5,7-8,10-14,20H,3,6,9,15,27H2/p+1/t20-/m1/s1. The van der Waals surface area contributed by atoms with Crippen LogP contribution >= 0.6 is 11.6 Å². The van der Waals surface area contributed by atoms with E-state index in [0.29, 0.717) is 12.4 Å². The van der Waals surface area contributed by atoms with Crippen molar-refractivity contribution in [2.24, 2.45) is 0 Å². The van der Waals surface area contributed by atoms with Crippen LogP contribution in [0.25, 0.3) is 22.3 Å². The number of alkyl halides is 1. The van der Waals surface area contributed by atoms with Crippen LogP contribution in [-0.4, -0.2) is 18.5 Å². The Morgan fingerprint density at radius 1 is 0.821 bits per heavy atom. The van der Waals surface area contributed by atoms with Gasteiger partial charge in [0, 0.05) is 0 Å². The minimum absolute atomic E-state index is 0.114. The molecule has 0 fully saturated rings. The number of quaternary nitrogens is 1. The Kier molecular flexibility index (Phi) is 7.01. The molecule has 0 aliphatic rings. The average Bonchev–Trinajstić information content (AvgIpc) is 2.70. The molecule has 3 N–H and O–H groups in total. The largest absolute Gasteiger partial charge is 0.492 e. The Hall–Kier alpha value is -2.43. The fourth-order valence-electron chi connectivity index (χ4n) is 2.99. The molecule has 3 aromatic carbocycles. The molecule has 28 heavy (non-hydrogen) atoms. The fourth-order valence-corrected chi connectivity index (χ4v) is 3.20. The van der Waals surface area contributed by atoms with Crippen molar-refractivity contribution in [3.63, 3.8) is 0 Å².